The van der Waals surface area contributed by atoms with Crippen LogP contribution in [0.15, 0.2) is 71.6 Å². The first-order chi connectivity index (χ1) is 17.5. The molecule has 2 heterocycles. The number of nitrogens with zero attached hydrogens (tertiary/aromatic N) is 3. The molecule has 0 fully saturated rings. The summed E-state index contributed by atoms with van der Waals surface area (Å²) in [7, 11) is 1.78. The summed E-state index contributed by atoms with van der Waals surface area (Å²) in [6, 6.07) is 22.2. The summed E-state index contributed by atoms with van der Waals surface area (Å²) >= 11 is 1.31. The highest BCUT2D eigenvalue weighted by molar-refractivity contribution is 7.98. The quantitative estimate of drug-likeness (QED) is 0.282. The van der Waals surface area contributed by atoms with Crippen LogP contribution in [0.1, 0.15) is 37.2 Å². The number of nitrogens with one attached hydrogen (secondary N) is 1. The minimum absolute atomic E-state index is 0.178. The molecule has 0 unspecified atom stereocenters. The van der Waals surface area contributed by atoms with E-state index in [-0.39, 0.29) is 6.03 Å². The monoisotopic (exact) mass is 500 g/mol. The van der Waals surface area contributed by atoms with Crippen molar-refractivity contribution in [2.45, 2.75) is 44.6 Å². The highest BCUT2D eigenvalue weighted by Gasteiger charge is 2.18. The van der Waals surface area contributed by atoms with Gasteiger partial charge in [0.05, 0.1) is 17.6 Å². The number of carbonyl (C=O) groups is 1. The molecule has 0 saturated heterocycles. The average Bonchev–Trinajstić information content (AvgIpc) is 3.49. The fourth-order valence-electron chi connectivity index (χ4n) is 4.46. The van der Waals surface area contributed by atoms with Crippen LogP contribution in [0.5, 0.6) is 5.75 Å². The number of benzene rings is 3. The number of imidazole rings is 1. The predicted molar refractivity (Wildman–Crippen MR) is 147 cm³/mol. The average molecular weight is 501 g/mol. The van der Waals surface area contributed by atoms with Gasteiger partial charge in [-0.1, -0.05) is 44.2 Å². The lowest BCUT2D eigenvalue weighted by Gasteiger charge is -2.18. The zero-order chi connectivity index (χ0) is 25.1. The Hall–Kier alpha value is -3.45. The van der Waals surface area contributed by atoms with E-state index in [4.69, 9.17) is 9.72 Å². The summed E-state index contributed by atoms with van der Waals surface area (Å²) in [6.45, 7) is 6.18. The number of aryl methyl sites for hydroxylation is 1. The third kappa shape index (κ3) is 5.36. The Kier molecular flexibility index (Phi) is 7.18. The van der Waals surface area contributed by atoms with E-state index >= 15 is 0 Å². The van der Waals surface area contributed by atoms with Crippen molar-refractivity contribution in [1.29, 1.82) is 0 Å². The van der Waals surface area contributed by atoms with E-state index in [1.54, 1.807) is 11.9 Å². The molecule has 5 rings (SSSR count). The van der Waals surface area contributed by atoms with Crippen molar-refractivity contribution in [3.05, 3.63) is 83.7 Å². The maximum Gasteiger partial charge on any atom is 0.331 e. The van der Waals surface area contributed by atoms with Crippen molar-refractivity contribution in [3.8, 4) is 5.75 Å². The number of hydrogen-bond acceptors (Lipinski definition) is 4. The summed E-state index contributed by atoms with van der Waals surface area (Å²) in [5.74, 6) is 2.65. The molecular formula is C29H32N4O2S. The number of carbonyl (C=O) groups excluding carboxylic acids is 1. The van der Waals surface area contributed by atoms with E-state index in [1.165, 1.54) is 23.1 Å². The molecule has 0 radical (unpaired) electrons. The Morgan fingerprint density at radius 3 is 2.78 bits per heavy atom. The third-order valence-corrected chi connectivity index (χ3v) is 7.33. The van der Waals surface area contributed by atoms with Crippen molar-refractivity contribution in [2.24, 2.45) is 5.92 Å². The second-order valence-electron chi connectivity index (χ2n) is 9.63. The summed E-state index contributed by atoms with van der Waals surface area (Å²) in [5.41, 5.74) is 5.34. The van der Waals surface area contributed by atoms with Crippen LogP contribution < -0.4 is 14.4 Å². The zero-order valence-electron chi connectivity index (χ0n) is 21.0. The number of amides is 2. The van der Waals surface area contributed by atoms with Gasteiger partial charge in [0.15, 0.2) is 0 Å². The van der Waals surface area contributed by atoms with Crippen molar-refractivity contribution in [1.82, 2.24) is 14.3 Å². The van der Waals surface area contributed by atoms with E-state index < -0.39 is 0 Å². The normalized spacial score (nSPS) is 12.6. The van der Waals surface area contributed by atoms with Gasteiger partial charge in [0.2, 0.25) is 0 Å². The van der Waals surface area contributed by atoms with Gasteiger partial charge in [-0.25, -0.2) is 9.78 Å². The van der Waals surface area contributed by atoms with Crippen molar-refractivity contribution in [2.75, 3.05) is 18.6 Å². The molecule has 3 aromatic carbocycles. The smallest absolute Gasteiger partial charge is 0.331 e. The highest BCUT2D eigenvalue weighted by Crippen LogP contribution is 2.29. The Bertz CT molecular complexity index is 1370. The first-order valence-corrected chi connectivity index (χ1v) is 13.3. The molecule has 7 heteroatoms. The van der Waals surface area contributed by atoms with Gasteiger partial charge in [0, 0.05) is 37.0 Å². The lowest BCUT2D eigenvalue weighted by Crippen LogP contribution is -2.33. The van der Waals surface area contributed by atoms with Gasteiger partial charge < -0.3 is 9.30 Å². The van der Waals surface area contributed by atoms with Gasteiger partial charge >= 0.3 is 6.03 Å². The highest BCUT2D eigenvalue weighted by atomic mass is 32.2. The van der Waals surface area contributed by atoms with Crippen LogP contribution in [0, 0.1) is 5.92 Å². The topological polar surface area (TPSA) is 59.4 Å². The summed E-state index contributed by atoms with van der Waals surface area (Å²) in [5, 5.41) is 0. The second kappa shape index (κ2) is 10.7. The van der Waals surface area contributed by atoms with Gasteiger partial charge in [-0.05, 0) is 71.8 Å². The van der Waals surface area contributed by atoms with Crippen LogP contribution in [0.2, 0.25) is 0 Å². The van der Waals surface area contributed by atoms with Gasteiger partial charge in [-0.2, -0.15) is 0 Å². The Balaban J connectivity index is 1.39. The standard InChI is InChI=1S/C29H32N4O2S/c1-20(2)13-15-33-26-11-10-23(32(3)29(34)31-36-24-7-5-4-6-8-24)19-25(26)30-28(33)18-21-9-12-27-22(17-21)14-16-35-27/h4-12,17,19-20H,13-16,18H2,1-3H3,(H,31,34). The predicted octanol–water partition coefficient (Wildman–Crippen LogP) is 6.46. The molecule has 6 nitrogen and oxygen atoms in total. The number of hydrogen-bond donors (Lipinski definition) is 1. The van der Waals surface area contributed by atoms with E-state index in [9.17, 15) is 4.79 Å². The largest absolute Gasteiger partial charge is 0.493 e. The third-order valence-electron chi connectivity index (χ3n) is 6.55. The van der Waals surface area contributed by atoms with Gasteiger partial charge in [-0.3, -0.25) is 9.62 Å². The number of anilines is 1. The maximum absolute atomic E-state index is 12.8. The molecule has 0 atom stereocenters. The van der Waals surface area contributed by atoms with Crippen LogP contribution in [0.4, 0.5) is 10.5 Å². The lowest BCUT2D eigenvalue weighted by atomic mass is 10.1. The Morgan fingerprint density at radius 2 is 1.97 bits per heavy atom. The zero-order valence-corrected chi connectivity index (χ0v) is 21.8. The fourth-order valence-corrected chi connectivity index (χ4v) is 5.09. The van der Waals surface area contributed by atoms with Crippen molar-refractivity contribution < 1.29 is 9.53 Å². The molecule has 4 aromatic rings. The van der Waals surface area contributed by atoms with Crippen molar-refractivity contribution >= 4 is 34.7 Å². The fraction of sp³-hybridized carbons (Fsp3) is 0.310. The SMILES string of the molecule is CC(C)CCn1c(Cc2ccc3c(c2)CCO3)nc2cc(N(C)C(=O)NSc3ccccc3)ccc21. The molecule has 1 aromatic heterocycles. The minimum atomic E-state index is -0.178. The first-order valence-electron chi connectivity index (χ1n) is 12.5. The van der Waals surface area contributed by atoms with Gasteiger partial charge in [0.25, 0.3) is 0 Å². The molecule has 0 spiro atoms. The van der Waals surface area contributed by atoms with E-state index in [0.29, 0.717) is 5.92 Å². The molecule has 1 N–H and O–H groups in total. The molecule has 36 heavy (non-hydrogen) atoms. The van der Waals surface area contributed by atoms with Gasteiger partial charge in [-0.15, -0.1) is 0 Å². The number of fused-ring (bicyclic) bond motifs is 2. The van der Waals surface area contributed by atoms with Gasteiger partial charge in [0.1, 0.15) is 11.6 Å². The lowest BCUT2D eigenvalue weighted by molar-refractivity contribution is 0.253. The summed E-state index contributed by atoms with van der Waals surface area (Å²) < 4.78 is 10.9. The minimum Gasteiger partial charge on any atom is -0.493 e. The maximum atomic E-state index is 12.8. The van der Waals surface area contributed by atoms with Crippen LogP contribution in [0.3, 0.4) is 0 Å². The summed E-state index contributed by atoms with van der Waals surface area (Å²) in [4.78, 5) is 20.5. The van der Waals surface area contributed by atoms with E-state index in [0.717, 1.165) is 65.6 Å². The number of aromatic nitrogens is 2. The summed E-state index contributed by atoms with van der Waals surface area (Å²) in [6.07, 6.45) is 2.81. The molecule has 0 aliphatic carbocycles. The first kappa shape index (κ1) is 24.3. The Labute approximate surface area is 216 Å². The molecule has 2 amide bonds. The molecule has 1 aliphatic rings. The molecule has 186 valence electrons. The second-order valence-corrected chi connectivity index (χ2v) is 10.5. The van der Waals surface area contributed by atoms with E-state index in [1.807, 2.05) is 42.5 Å². The van der Waals surface area contributed by atoms with Crippen LogP contribution in [-0.2, 0) is 19.4 Å². The van der Waals surface area contributed by atoms with Crippen LogP contribution in [0.25, 0.3) is 11.0 Å². The number of ether oxygens (including phenoxy) is 1. The Morgan fingerprint density at radius 1 is 1.14 bits per heavy atom. The molecule has 1 aliphatic heterocycles. The molecule has 0 bridgehead atoms. The van der Waals surface area contributed by atoms with E-state index in [2.05, 4.69) is 47.4 Å². The number of rotatable bonds is 8. The van der Waals surface area contributed by atoms with Crippen LogP contribution in [-0.4, -0.2) is 29.2 Å². The number of urea groups is 1. The van der Waals surface area contributed by atoms with Crippen LogP contribution >= 0.6 is 11.9 Å². The van der Waals surface area contributed by atoms with Crippen molar-refractivity contribution in [3.63, 3.8) is 0 Å². The molecule has 0 saturated carbocycles. The molecular weight excluding hydrogens is 468 g/mol.